The number of rotatable bonds is 2. The van der Waals surface area contributed by atoms with Crippen molar-refractivity contribution in [2.24, 2.45) is 0 Å². The predicted octanol–water partition coefficient (Wildman–Crippen LogP) is 9.92. The largest absolute Gasteiger partial charge is 0.424 e. The second-order valence-corrected chi connectivity index (χ2v) is 12.2. The van der Waals surface area contributed by atoms with Crippen LogP contribution in [0.1, 0.15) is 52.6 Å². The Labute approximate surface area is 248 Å². The predicted molar refractivity (Wildman–Crippen MR) is 170 cm³/mol. The van der Waals surface area contributed by atoms with Crippen LogP contribution in [-0.4, -0.2) is 11.6 Å². The first kappa shape index (κ1) is 25.3. The number of hydrogen-bond acceptors (Lipinski definition) is 5. The Morgan fingerprint density at radius 3 is 2.14 bits per heavy atom. The second kappa shape index (κ2) is 9.04. The average Bonchev–Trinajstić information content (AvgIpc) is 3.48. The third-order valence-electron chi connectivity index (χ3n) is 8.33. The Kier molecular flexibility index (Phi) is 5.32. The van der Waals surface area contributed by atoms with Crippen LogP contribution < -0.4 is 9.64 Å². The number of para-hydroxylation sites is 1. The topological polar surface area (TPSA) is 59.8 Å². The van der Waals surface area contributed by atoms with Crippen molar-refractivity contribution in [1.29, 1.82) is 0 Å². The van der Waals surface area contributed by atoms with Crippen molar-refractivity contribution in [2.45, 2.75) is 26.2 Å². The number of anilines is 3. The van der Waals surface area contributed by atoms with Crippen LogP contribution in [-0.2, 0) is 5.41 Å². The molecule has 0 saturated carbocycles. The lowest BCUT2D eigenvalue weighted by Gasteiger charge is -2.31. The summed E-state index contributed by atoms with van der Waals surface area (Å²) in [4.78, 5) is 29.0. The summed E-state index contributed by atoms with van der Waals surface area (Å²) < 4.78 is 12.6. The maximum atomic E-state index is 13.4. The van der Waals surface area contributed by atoms with E-state index in [1.165, 1.54) is 5.56 Å². The van der Waals surface area contributed by atoms with Gasteiger partial charge in [0.25, 0.3) is 0 Å². The van der Waals surface area contributed by atoms with Crippen LogP contribution in [0.2, 0.25) is 0 Å². The van der Waals surface area contributed by atoms with Gasteiger partial charge in [-0.25, -0.2) is 0 Å². The zero-order valence-electron chi connectivity index (χ0n) is 24.0. The summed E-state index contributed by atoms with van der Waals surface area (Å²) in [6.45, 7) is 6.60. The van der Waals surface area contributed by atoms with E-state index in [1.54, 1.807) is 6.08 Å². The van der Waals surface area contributed by atoms with Crippen molar-refractivity contribution in [3.63, 3.8) is 0 Å². The van der Waals surface area contributed by atoms with Gasteiger partial charge in [-0.3, -0.25) is 9.59 Å². The first-order valence-corrected chi connectivity index (χ1v) is 14.3. The third-order valence-corrected chi connectivity index (χ3v) is 8.33. The molecule has 8 rings (SSSR count). The molecule has 0 spiro atoms. The van der Waals surface area contributed by atoms with E-state index in [-0.39, 0.29) is 22.6 Å². The smallest absolute Gasteiger partial charge is 0.316 e. The van der Waals surface area contributed by atoms with Crippen molar-refractivity contribution in [3.05, 3.63) is 131 Å². The van der Waals surface area contributed by atoms with Crippen molar-refractivity contribution >= 4 is 56.4 Å². The van der Waals surface area contributed by atoms with Crippen LogP contribution in [0.3, 0.4) is 0 Å². The summed E-state index contributed by atoms with van der Waals surface area (Å²) in [6.07, 6.45) is 1.66. The molecule has 0 fully saturated rings. The average molecular weight is 562 g/mol. The maximum Gasteiger partial charge on any atom is 0.316 e. The lowest BCUT2D eigenvalue weighted by Crippen LogP contribution is -2.17. The summed E-state index contributed by atoms with van der Waals surface area (Å²) in [6, 6.07) is 33.5. The monoisotopic (exact) mass is 561 g/mol. The zero-order valence-corrected chi connectivity index (χ0v) is 24.0. The molecule has 6 aromatic rings. The van der Waals surface area contributed by atoms with Gasteiger partial charge in [0.1, 0.15) is 11.3 Å². The van der Waals surface area contributed by atoms with E-state index in [9.17, 15) is 9.59 Å². The molecule has 2 aliphatic rings. The van der Waals surface area contributed by atoms with E-state index >= 15 is 0 Å². The fourth-order valence-electron chi connectivity index (χ4n) is 6.08. The van der Waals surface area contributed by atoms with Crippen LogP contribution in [0.15, 0.2) is 113 Å². The Hall–Kier alpha value is -5.42. The zero-order chi connectivity index (χ0) is 29.5. The number of ether oxygens (including phenoxy) is 1. The van der Waals surface area contributed by atoms with Gasteiger partial charge in [-0.15, -0.1) is 0 Å². The SMILES string of the molecule is CC(C)(C)c1cccc(N2c3ccc(C=C4C(=O)c5cc6ccccc6cc5C4=O)cc3Oc3oc4ccccc4c32)c1. The molecule has 2 heterocycles. The molecule has 0 radical (unpaired) electrons. The van der Waals surface area contributed by atoms with Crippen molar-refractivity contribution < 1.29 is 18.7 Å². The second-order valence-electron chi connectivity index (χ2n) is 12.2. The molecule has 5 nitrogen and oxygen atoms in total. The van der Waals surface area contributed by atoms with E-state index in [4.69, 9.17) is 9.15 Å². The highest BCUT2D eigenvalue weighted by Gasteiger charge is 2.35. The highest BCUT2D eigenvalue weighted by molar-refractivity contribution is 6.42. The van der Waals surface area contributed by atoms with Gasteiger partial charge in [-0.05, 0) is 81.9 Å². The van der Waals surface area contributed by atoms with Crippen LogP contribution in [0.25, 0.3) is 27.8 Å². The van der Waals surface area contributed by atoms with E-state index in [0.717, 1.165) is 38.8 Å². The van der Waals surface area contributed by atoms with E-state index in [1.807, 2.05) is 78.9 Å². The summed E-state index contributed by atoms with van der Waals surface area (Å²) in [5, 5.41) is 2.81. The highest BCUT2D eigenvalue weighted by Crippen LogP contribution is 2.55. The standard InChI is InChI=1S/C38H27NO4/c1-38(2,3)25-11-8-12-26(21-25)39-31-16-15-22(18-33(31)43-37-34(39)27-13-6-7-14-32(27)42-37)17-30-35(40)28-19-23-9-4-5-10-24(23)20-29(28)36(30)41/h4-21H,1-3H3. The summed E-state index contributed by atoms with van der Waals surface area (Å²) >= 11 is 0. The van der Waals surface area contributed by atoms with Gasteiger partial charge in [0.05, 0.1) is 11.3 Å². The molecule has 43 heavy (non-hydrogen) atoms. The van der Waals surface area contributed by atoms with Gasteiger partial charge >= 0.3 is 5.95 Å². The molecule has 5 aromatic carbocycles. The number of fused-ring (bicyclic) bond motifs is 6. The van der Waals surface area contributed by atoms with Crippen LogP contribution >= 0.6 is 0 Å². The lowest BCUT2D eigenvalue weighted by molar-refractivity contribution is 0.0990. The molecular weight excluding hydrogens is 534 g/mol. The van der Waals surface area contributed by atoms with Gasteiger partial charge < -0.3 is 14.1 Å². The molecule has 0 atom stereocenters. The number of benzene rings is 5. The third kappa shape index (κ3) is 3.92. The number of furan rings is 1. The van der Waals surface area contributed by atoms with Crippen LogP contribution in [0, 0.1) is 0 Å². The minimum absolute atomic E-state index is 0.0355. The number of ketones is 2. The molecular formula is C38H27NO4. The molecule has 5 heteroatoms. The minimum Gasteiger partial charge on any atom is -0.424 e. The van der Waals surface area contributed by atoms with Gasteiger partial charge in [0.2, 0.25) is 0 Å². The molecule has 0 N–H and O–H groups in total. The van der Waals surface area contributed by atoms with Crippen molar-refractivity contribution in [2.75, 3.05) is 4.90 Å². The molecule has 0 saturated heterocycles. The van der Waals surface area contributed by atoms with Crippen LogP contribution in [0.4, 0.5) is 17.1 Å². The molecule has 1 aliphatic carbocycles. The molecule has 208 valence electrons. The number of nitrogens with zero attached hydrogens (tertiary/aromatic N) is 1. The number of allylic oxidation sites excluding steroid dienone is 1. The van der Waals surface area contributed by atoms with Crippen molar-refractivity contribution in [3.8, 4) is 11.7 Å². The lowest BCUT2D eigenvalue weighted by atomic mass is 9.87. The van der Waals surface area contributed by atoms with Crippen LogP contribution in [0.5, 0.6) is 11.7 Å². The molecule has 0 unspecified atom stereocenters. The normalized spacial score (nSPS) is 14.1. The van der Waals surface area contributed by atoms with E-state index in [2.05, 4.69) is 49.9 Å². The molecule has 1 aromatic heterocycles. The fraction of sp³-hybridized carbons (Fsp3) is 0.105. The van der Waals surface area contributed by atoms with E-state index < -0.39 is 0 Å². The summed E-state index contributed by atoms with van der Waals surface area (Å²) in [7, 11) is 0. The molecule has 0 bridgehead atoms. The Balaban J connectivity index is 1.25. The van der Waals surface area contributed by atoms with Gasteiger partial charge in [0.15, 0.2) is 17.3 Å². The number of hydrogen-bond donors (Lipinski definition) is 0. The first-order chi connectivity index (χ1) is 20.8. The molecule has 0 amide bonds. The van der Waals surface area contributed by atoms with Crippen molar-refractivity contribution in [1.82, 2.24) is 0 Å². The summed E-state index contributed by atoms with van der Waals surface area (Å²) in [5.74, 6) is 0.448. The minimum atomic E-state index is -0.260. The first-order valence-electron chi connectivity index (χ1n) is 14.3. The Bertz CT molecular complexity index is 2140. The van der Waals surface area contributed by atoms with E-state index in [0.29, 0.717) is 28.4 Å². The number of carbonyl (C=O) groups is 2. The maximum absolute atomic E-state index is 13.4. The van der Waals surface area contributed by atoms with Gasteiger partial charge in [-0.1, -0.05) is 75.4 Å². The van der Waals surface area contributed by atoms with Gasteiger partial charge in [0, 0.05) is 22.2 Å². The quantitative estimate of drug-likeness (QED) is 0.155. The Morgan fingerprint density at radius 1 is 0.721 bits per heavy atom. The Morgan fingerprint density at radius 2 is 1.42 bits per heavy atom. The number of carbonyl (C=O) groups excluding carboxylic acids is 2. The highest BCUT2D eigenvalue weighted by atomic mass is 16.6. The van der Waals surface area contributed by atoms with Gasteiger partial charge in [-0.2, -0.15) is 0 Å². The summed E-state index contributed by atoms with van der Waals surface area (Å²) in [5.41, 5.74) is 6.30. The molecule has 1 aliphatic heterocycles. The fourth-order valence-corrected chi connectivity index (χ4v) is 6.08. The number of Topliss-reactive ketones (excluding diaryl/α,β-unsaturated/α-hetero) is 2.